The van der Waals surface area contributed by atoms with Crippen LogP contribution in [0.2, 0.25) is 0 Å². The van der Waals surface area contributed by atoms with Crippen molar-refractivity contribution in [2.24, 2.45) is 5.73 Å². The van der Waals surface area contributed by atoms with E-state index in [0.717, 1.165) is 16.8 Å². The zero-order valence-electron chi connectivity index (χ0n) is 11.1. The van der Waals surface area contributed by atoms with Crippen LogP contribution < -0.4 is 11.1 Å². The van der Waals surface area contributed by atoms with E-state index in [1.165, 1.54) is 0 Å². The normalized spacial score (nSPS) is 10.3. The van der Waals surface area contributed by atoms with Gasteiger partial charge in [0.1, 0.15) is 5.82 Å². The summed E-state index contributed by atoms with van der Waals surface area (Å²) in [5.74, 6) is 0.397. The molecule has 0 bridgehead atoms. The van der Waals surface area contributed by atoms with E-state index in [-0.39, 0.29) is 5.91 Å². The number of hydrogen-bond acceptors (Lipinski definition) is 3. The second-order valence-electron chi connectivity index (χ2n) is 4.53. The van der Waals surface area contributed by atoms with Crippen molar-refractivity contribution in [1.29, 1.82) is 0 Å². The number of rotatable bonds is 3. The van der Waals surface area contributed by atoms with E-state index in [4.69, 9.17) is 5.73 Å². The zero-order chi connectivity index (χ0) is 13.8. The van der Waals surface area contributed by atoms with Crippen LogP contribution in [0.3, 0.4) is 0 Å². The van der Waals surface area contributed by atoms with Crippen LogP contribution in [0.25, 0.3) is 0 Å². The molecule has 1 aromatic heterocycles. The van der Waals surface area contributed by atoms with Gasteiger partial charge < -0.3 is 11.1 Å². The molecular formula is C15H17N3O. The molecule has 1 amide bonds. The maximum Gasteiger partial charge on any atom is 0.256 e. The van der Waals surface area contributed by atoms with Gasteiger partial charge >= 0.3 is 0 Å². The first kappa shape index (κ1) is 13.2. The maximum absolute atomic E-state index is 12.1. The van der Waals surface area contributed by atoms with Gasteiger partial charge in [-0.25, -0.2) is 4.98 Å². The Hall–Kier alpha value is -2.20. The number of aryl methyl sites for hydroxylation is 2. The van der Waals surface area contributed by atoms with Gasteiger partial charge in [-0.05, 0) is 49.2 Å². The van der Waals surface area contributed by atoms with Crippen molar-refractivity contribution < 1.29 is 4.79 Å². The number of aromatic nitrogens is 1. The number of hydrogen-bond donors (Lipinski definition) is 2. The number of pyridine rings is 1. The van der Waals surface area contributed by atoms with Gasteiger partial charge in [0, 0.05) is 17.8 Å². The van der Waals surface area contributed by atoms with E-state index in [0.29, 0.717) is 17.9 Å². The molecule has 0 aliphatic rings. The van der Waals surface area contributed by atoms with Gasteiger partial charge in [0.15, 0.2) is 0 Å². The average molecular weight is 255 g/mol. The van der Waals surface area contributed by atoms with Crippen LogP contribution in [0.1, 0.15) is 27.2 Å². The van der Waals surface area contributed by atoms with Gasteiger partial charge in [-0.1, -0.05) is 12.1 Å². The van der Waals surface area contributed by atoms with Crippen LogP contribution in [0.5, 0.6) is 0 Å². The molecular weight excluding hydrogens is 238 g/mol. The topological polar surface area (TPSA) is 68.0 Å². The van der Waals surface area contributed by atoms with E-state index >= 15 is 0 Å². The highest BCUT2D eigenvalue weighted by Crippen LogP contribution is 2.11. The summed E-state index contributed by atoms with van der Waals surface area (Å²) < 4.78 is 0. The highest BCUT2D eigenvalue weighted by atomic mass is 16.1. The number of nitrogens with one attached hydrogen (secondary N) is 1. The zero-order valence-corrected chi connectivity index (χ0v) is 11.1. The third kappa shape index (κ3) is 3.39. The van der Waals surface area contributed by atoms with Crippen LogP contribution in [0.4, 0.5) is 5.82 Å². The number of carbonyl (C=O) groups excluding carboxylic acids is 1. The Labute approximate surface area is 112 Å². The summed E-state index contributed by atoms with van der Waals surface area (Å²) in [4.78, 5) is 16.4. The summed E-state index contributed by atoms with van der Waals surface area (Å²) in [5, 5.41) is 2.80. The summed E-state index contributed by atoms with van der Waals surface area (Å²) in [6.45, 7) is 4.29. The second kappa shape index (κ2) is 5.63. The molecule has 3 N–H and O–H groups in total. The maximum atomic E-state index is 12.1. The summed E-state index contributed by atoms with van der Waals surface area (Å²) >= 11 is 0. The van der Waals surface area contributed by atoms with E-state index < -0.39 is 0 Å². The van der Waals surface area contributed by atoms with E-state index in [2.05, 4.69) is 10.3 Å². The van der Waals surface area contributed by atoms with Gasteiger partial charge in [-0.2, -0.15) is 0 Å². The largest absolute Gasteiger partial charge is 0.326 e. The first-order valence-corrected chi connectivity index (χ1v) is 6.14. The minimum absolute atomic E-state index is 0.173. The minimum Gasteiger partial charge on any atom is -0.326 e. The minimum atomic E-state index is -0.173. The first-order valence-electron chi connectivity index (χ1n) is 6.14. The monoisotopic (exact) mass is 255 g/mol. The molecule has 0 aliphatic carbocycles. The van der Waals surface area contributed by atoms with Crippen LogP contribution >= 0.6 is 0 Å². The molecule has 2 rings (SSSR count). The Balaban J connectivity index is 2.20. The molecule has 0 radical (unpaired) electrons. The molecule has 0 fully saturated rings. The summed E-state index contributed by atoms with van der Waals surface area (Å²) in [6, 6.07) is 11.1. The molecule has 1 heterocycles. The predicted octanol–water partition coefficient (Wildman–Crippen LogP) is 2.41. The van der Waals surface area contributed by atoms with Crippen molar-refractivity contribution in [3.8, 4) is 0 Å². The fraction of sp³-hybridized carbons (Fsp3) is 0.200. The smallest absolute Gasteiger partial charge is 0.256 e. The Bertz CT molecular complexity index is 588. The lowest BCUT2D eigenvalue weighted by Crippen LogP contribution is -2.14. The van der Waals surface area contributed by atoms with Crippen LogP contribution in [-0.4, -0.2) is 10.9 Å². The third-order valence-electron chi connectivity index (χ3n) is 2.76. The molecule has 0 spiro atoms. The predicted molar refractivity (Wildman–Crippen MR) is 76.0 cm³/mol. The Morgan fingerprint density at radius 1 is 1.26 bits per heavy atom. The highest BCUT2D eigenvalue weighted by molar-refractivity contribution is 6.03. The molecule has 0 aliphatic heterocycles. The number of carbonyl (C=O) groups is 1. The number of anilines is 1. The molecule has 19 heavy (non-hydrogen) atoms. The number of benzene rings is 1. The Morgan fingerprint density at radius 3 is 2.74 bits per heavy atom. The molecule has 2 aromatic rings. The van der Waals surface area contributed by atoms with Gasteiger partial charge in [0.05, 0.1) is 0 Å². The molecule has 0 atom stereocenters. The van der Waals surface area contributed by atoms with Crippen LogP contribution in [0, 0.1) is 13.8 Å². The number of nitrogens with zero attached hydrogens (tertiary/aromatic N) is 1. The molecule has 0 saturated heterocycles. The van der Waals surface area contributed by atoms with Gasteiger partial charge in [0.25, 0.3) is 5.91 Å². The lowest BCUT2D eigenvalue weighted by atomic mass is 10.1. The fourth-order valence-electron chi connectivity index (χ4n) is 1.93. The van der Waals surface area contributed by atoms with Crippen molar-refractivity contribution in [1.82, 2.24) is 4.98 Å². The van der Waals surface area contributed by atoms with Crippen molar-refractivity contribution in [3.63, 3.8) is 0 Å². The number of nitrogens with two attached hydrogens (primary N) is 1. The SMILES string of the molecule is Cc1cc(C)nc(NC(=O)c2cccc(CN)c2)c1. The van der Waals surface area contributed by atoms with Crippen molar-refractivity contribution in [2.45, 2.75) is 20.4 Å². The average Bonchev–Trinajstić information content (AvgIpc) is 2.37. The second-order valence-corrected chi connectivity index (χ2v) is 4.53. The van der Waals surface area contributed by atoms with Crippen molar-refractivity contribution >= 4 is 11.7 Å². The molecule has 4 nitrogen and oxygen atoms in total. The van der Waals surface area contributed by atoms with E-state index in [1.807, 2.05) is 38.1 Å². The summed E-state index contributed by atoms with van der Waals surface area (Å²) in [6.07, 6.45) is 0. The van der Waals surface area contributed by atoms with Crippen LogP contribution in [0.15, 0.2) is 36.4 Å². The van der Waals surface area contributed by atoms with Crippen molar-refractivity contribution in [3.05, 3.63) is 58.8 Å². The van der Waals surface area contributed by atoms with Gasteiger partial charge in [0.2, 0.25) is 0 Å². The first-order chi connectivity index (χ1) is 9.08. The molecule has 4 heteroatoms. The van der Waals surface area contributed by atoms with E-state index in [1.54, 1.807) is 12.1 Å². The van der Waals surface area contributed by atoms with Crippen LogP contribution in [-0.2, 0) is 6.54 Å². The Kier molecular flexibility index (Phi) is 3.92. The molecule has 98 valence electrons. The lowest BCUT2D eigenvalue weighted by molar-refractivity contribution is 0.102. The molecule has 0 unspecified atom stereocenters. The lowest BCUT2D eigenvalue weighted by Gasteiger charge is -2.07. The summed E-state index contributed by atoms with van der Waals surface area (Å²) in [5.41, 5.74) is 9.03. The quantitative estimate of drug-likeness (QED) is 0.885. The molecule has 1 aromatic carbocycles. The van der Waals surface area contributed by atoms with Gasteiger partial charge in [-0.3, -0.25) is 4.79 Å². The standard InChI is InChI=1S/C15H17N3O/c1-10-6-11(2)17-14(7-10)18-15(19)13-5-3-4-12(8-13)9-16/h3-8H,9,16H2,1-2H3,(H,17,18,19). The fourth-order valence-corrected chi connectivity index (χ4v) is 1.93. The molecule has 0 saturated carbocycles. The number of amides is 1. The van der Waals surface area contributed by atoms with Gasteiger partial charge in [-0.15, -0.1) is 0 Å². The Morgan fingerprint density at radius 2 is 2.05 bits per heavy atom. The third-order valence-corrected chi connectivity index (χ3v) is 2.76. The highest BCUT2D eigenvalue weighted by Gasteiger charge is 2.07. The van der Waals surface area contributed by atoms with E-state index in [9.17, 15) is 4.79 Å². The summed E-state index contributed by atoms with van der Waals surface area (Å²) in [7, 11) is 0. The van der Waals surface area contributed by atoms with Crippen molar-refractivity contribution in [2.75, 3.05) is 5.32 Å².